The van der Waals surface area contributed by atoms with Crippen LogP contribution in [0.2, 0.25) is 0 Å². The van der Waals surface area contributed by atoms with Crippen LogP contribution in [-0.2, 0) is 6.42 Å². The van der Waals surface area contributed by atoms with Crippen LogP contribution < -0.4 is 10.1 Å². The van der Waals surface area contributed by atoms with Crippen molar-refractivity contribution in [2.75, 3.05) is 11.9 Å². The Bertz CT molecular complexity index is 626. The summed E-state index contributed by atoms with van der Waals surface area (Å²) in [6, 6.07) is 15.2. The summed E-state index contributed by atoms with van der Waals surface area (Å²) in [4.78, 5) is 0. The number of hydrogen-bond donors (Lipinski definition) is 1. The third-order valence-corrected chi connectivity index (χ3v) is 4.35. The Kier molecular flexibility index (Phi) is 4.49. The Labute approximate surface area is 134 Å². The molecule has 1 N–H and O–H groups in total. The molecule has 0 radical (unpaired) electrons. The largest absolute Gasteiger partial charge is 0.491 e. The number of para-hydroxylation sites is 2. The molecule has 1 aliphatic rings. The van der Waals surface area contributed by atoms with Crippen LogP contribution in [0.15, 0.2) is 46.9 Å². The smallest absolute Gasteiger partial charge is 0.142 e. The van der Waals surface area contributed by atoms with Gasteiger partial charge in [0.05, 0.1) is 18.3 Å². The second-order valence-corrected chi connectivity index (χ2v) is 6.34. The molecule has 2 nitrogen and oxygen atoms in total. The second kappa shape index (κ2) is 6.52. The monoisotopic (exact) mass is 345 g/mol. The van der Waals surface area contributed by atoms with Crippen LogP contribution in [-0.4, -0.2) is 6.61 Å². The fraction of sp³-hybridized carbons (Fsp3) is 0.333. The molecule has 0 spiro atoms. The Morgan fingerprint density at radius 1 is 1.24 bits per heavy atom. The molecule has 3 rings (SSSR count). The number of aryl methyl sites for hydroxylation is 1. The van der Waals surface area contributed by atoms with E-state index in [1.165, 1.54) is 11.1 Å². The maximum atomic E-state index is 5.83. The number of anilines is 1. The summed E-state index contributed by atoms with van der Waals surface area (Å²) in [5.41, 5.74) is 3.93. The van der Waals surface area contributed by atoms with Crippen molar-refractivity contribution in [1.82, 2.24) is 0 Å². The van der Waals surface area contributed by atoms with E-state index in [4.69, 9.17) is 4.74 Å². The highest BCUT2D eigenvalue weighted by Crippen LogP contribution is 2.37. The predicted octanol–water partition coefficient (Wildman–Crippen LogP) is 5.34. The van der Waals surface area contributed by atoms with Crippen molar-refractivity contribution in [3.63, 3.8) is 0 Å². The Balaban J connectivity index is 1.80. The van der Waals surface area contributed by atoms with Gasteiger partial charge in [-0.25, -0.2) is 0 Å². The van der Waals surface area contributed by atoms with Gasteiger partial charge in [-0.05, 0) is 54.7 Å². The summed E-state index contributed by atoms with van der Waals surface area (Å²) in [7, 11) is 0. The zero-order chi connectivity index (χ0) is 14.7. The topological polar surface area (TPSA) is 21.3 Å². The average molecular weight is 346 g/mol. The van der Waals surface area contributed by atoms with E-state index in [-0.39, 0.29) is 0 Å². The predicted molar refractivity (Wildman–Crippen MR) is 91.1 cm³/mol. The Morgan fingerprint density at radius 2 is 2.10 bits per heavy atom. The molecule has 0 fully saturated rings. The number of halogens is 1. The van der Waals surface area contributed by atoms with Crippen LogP contribution in [0, 0.1) is 0 Å². The lowest BCUT2D eigenvalue weighted by molar-refractivity contribution is 0.318. The first-order valence-corrected chi connectivity index (χ1v) is 8.34. The van der Waals surface area contributed by atoms with Crippen LogP contribution >= 0.6 is 15.9 Å². The van der Waals surface area contributed by atoms with Gasteiger partial charge in [0.25, 0.3) is 0 Å². The van der Waals surface area contributed by atoms with Gasteiger partial charge in [0.1, 0.15) is 5.75 Å². The van der Waals surface area contributed by atoms with Gasteiger partial charge in [-0.3, -0.25) is 0 Å². The van der Waals surface area contributed by atoms with E-state index in [1.54, 1.807) is 0 Å². The van der Waals surface area contributed by atoms with Gasteiger partial charge < -0.3 is 10.1 Å². The van der Waals surface area contributed by atoms with Gasteiger partial charge in [0.2, 0.25) is 0 Å². The minimum Gasteiger partial charge on any atom is -0.491 e. The highest BCUT2D eigenvalue weighted by Gasteiger charge is 2.23. The fourth-order valence-corrected chi connectivity index (χ4v) is 3.26. The lowest BCUT2D eigenvalue weighted by Gasteiger charge is -2.18. The van der Waals surface area contributed by atoms with E-state index in [1.807, 2.05) is 12.1 Å². The molecule has 0 saturated heterocycles. The Hall–Kier alpha value is -1.48. The van der Waals surface area contributed by atoms with Crippen molar-refractivity contribution in [2.24, 2.45) is 0 Å². The summed E-state index contributed by atoms with van der Waals surface area (Å²) in [6.07, 6.45) is 3.28. The van der Waals surface area contributed by atoms with E-state index in [0.29, 0.717) is 6.04 Å². The zero-order valence-corrected chi connectivity index (χ0v) is 13.8. The van der Waals surface area contributed by atoms with Crippen LogP contribution in [0.5, 0.6) is 5.75 Å². The summed E-state index contributed by atoms with van der Waals surface area (Å²) >= 11 is 3.55. The molecule has 3 heteroatoms. The van der Waals surface area contributed by atoms with E-state index in [0.717, 1.165) is 41.8 Å². The summed E-state index contributed by atoms with van der Waals surface area (Å²) in [6.45, 7) is 2.88. The van der Waals surface area contributed by atoms with Crippen molar-refractivity contribution in [2.45, 2.75) is 32.2 Å². The van der Waals surface area contributed by atoms with Crippen molar-refractivity contribution < 1.29 is 4.74 Å². The van der Waals surface area contributed by atoms with Crippen molar-refractivity contribution >= 4 is 21.6 Å². The highest BCUT2D eigenvalue weighted by atomic mass is 79.9. The molecule has 0 saturated carbocycles. The van der Waals surface area contributed by atoms with Gasteiger partial charge in [0, 0.05) is 4.47 Å². The first kappa shape index (κ1) is 14.5. The van der Waals surface area contributed by atoms with Gasteiger partial charge in [-0.15, -0.1) is 0 Å². The minimum absolute atomic E-state index is 0.375. The molecule has 21 heavy (non-hydrogen) atoms. The lowest BCUT2D eigenvalue weighted by atomic mass is 10.1. The molecule has 0 amide bonds. The highest BCUT2D eigenvalue weighted by molar-refractivity contribution is 9.10. The normalized spacial score (nSPS) is 16.6. The van der Waals surface area contributed by atoms with Crippen LogP contribution in [0.3, 0.4) is 0 Å². The molecular weight excluding hydrogens is 326 g/mol. The lowest BCUT2D eigenvalue weighted by Crippen LogP contribution is -2.09. The Morgan fingerprint density at radius 3 is 2.95 bits per heavy atom. The zero-order valence-electron chi connectivity index (χ0n) is 12.2. The molecule has 2 aromatic carbocycles. The molecular formula is C18H20BrNO. The van der Waals surface area contributed by atoms with Crippen molar-refractivity contribution in [1.29, 1.82) is 0 Å². The third kappa shape index (κ3) is 3.24. The fourth-order valence-electron chi connectivity index (χ4n) is 2.85. The number of hydrogen-bond acceptors (Lipinski definition) is 2. The molecule has 0 aromatic heterocycles. The summed E-state index contributed by atoms with van der Waals surface area (Å²) < 4.78 is 6.99. The van der Waals surface area contributed by atoms with Crippen LogP contribution in [0.1, 0.15) is 36.9 Å². The SMILES string of the molecule is CCCOc1ccccc1NC1CCc2cc(Br)ccc21. The summed E-state index contributed by atoms with van der Waals surface area (Å²) in [5, 5.41) is 3.65. The average Bonchev–Trinajstić information content (AvgIpc) is 2.88. The van der Waals surface area contributed by atoms with Crippen molar-refractivity contribution in [3.8, 4) is 5.75 Å². The minimum atomic E-state index is 0.375. The first-order valence-electron chi connectivity index (χ1n) is 7.54. The van der Waals surface area contributed by atoms with Gasteiger partial charge >= 0.3 is 0 Å². The maximum Gasteiger partial charge on any atom is 0.142 e. The van der Waals surface area contributed by atoms with E-state index in [2.05, 4.69) is 58.5 Å². The van der Waals surface area contributed by atoms with Crippen molar-refractivity contribution in [3.05, 3.63) is 58.1 Å². The maximum absolute atomic E-state index is 5.83. The summed E-state index contributed by atoms with van der Waals surface area (Å²) in [5.74, 6) is 0.949. The quantitative estimate of drug-likeness (QED) is 0.789. The van der Waals surface area contributed by atoms with E-state index < -0.39 is 0 Å². The van der Waals surface area contributed by atoms with Gasteiger partial charge in [-0.1, -0.05) is 41.1 Å². The van der Waals surface area contributed by atoms with E-state index >= 15 is 0 Å². The molecule has 1 unspecified atom stereocenters. The number of ether oxygens (including phenoxy) is 1. The van der Waals surface area contributed by atoms with Crippen LogP contribution in [0.25, 0.3) is 0 Å². The molecule has 1 aliphatic carbocycles. The number of benzene rings is 2. The second-order valence-electron chi connectivity index (χ2n) is 5.42. The molecule has 0 aliphatic heterocycles. The molecule has 1 atom stereocenters. The van der Waals surface area contributed by atoms with E-state index in [9.17, 15) is 0 Å². The molecule has 110 valence electrons. The number of fused-ring (bicyclic) bond motifs is 1. The van der Waals surface area contributed by atoms with Crippen LogP contribution in [0.4, 0.5) is 5.69 Å². The third-order valence-electron chi connectivity index (χ3n) is 3.86. The molecule has 2 aromatic rings. The molecule has 0 bridgehead atoms. The standard InChI is InChI=1S/C18H20BrNO/c1-2-11-21-18-6-4-3-5-17(18)20-16-10-7-13-12-14(19)8-9-15(13)16/h3-6,8-9,12,16,20H,2,7,10-11H2,1H3. The first-order chi connectivity index (χ1) is 10.3. The van der Waals surface area contributed by atoms with Gasteiger partial charge in [-0.2, -0.15) is 0 Å². The number of rotatable bonds is 5. The molecule has 0 heterocycles. The van der Waals surface area contributed by atoms with Gasteiger partial charge in [0.15, 0.2) is 0 Å². The number of nitrogens with one attached hydrogen (secondary N) is 1.